The van der Waals surface area contributed by atoms with Crippen LogP contribution < -0.4 is 9.64 Å². The lowest BCUT2D eigenvalue weighted by Gasteiger charge is -2.30. The molecule has 0 unspecified atom stereocenters. The number of rotatable bonds is 4. The molecule has 0 radical (unpaired) electrons. The van der Waals surface area contributed by atoms with Crippen molar-refractivity contribution < 1.29 is 9.53 Å². The number of benzene rings is 3. The van der Waals surface area contributed by atoms with Crippen LogP contribution in [0, 0.1) is 0 Å². The minimum Gasteiger partial charge on any atom is -0.497 e. The summed E-state index contributed by atoms with van der Waals surface area (Å²) in [4.78, 5) is 15.7. The van der Waals surface area contributed by atoms with Gasteiger partial charge in [-0.1, -0.05) is 60.7 Å². The van der Waals surface area contributed by atoms with Crippen LogP contribution in [0.25, 0.3) is 0 Å². The second-order valence-corrected chi connectivity index (χ2v) is 6.41. The summed E-state index contributed by atoms with van der Waals surface area (Å²) in [6.45, 7) is 2.64. The summed E-state index contributed by atoms with van der Waals surface area (Å²) in [6, 6.07) is 26.0. The third kappa shape index (κ3) is 2.17. The number of anilines is 1. The summed E-state index contributed by atoms with van der Waals surface area (Å²) in [6.07, 6.45) is 0. The fraction of sp³-hybridized carbons (Fsp3) is 0.174. The van der Waals surface area contributed by atoms with E-state index in [-0.39, 0.29) is 5.91 Å². The summed E-state index contributed by atoms with van der Waals surface area (Å²) in [5.74, 6) is 0.839. The standard InChI is InChI=1S/C23H21NO2/c1-3-24-21-15-14-19(26-2)16-20(21)23(22(24)25,17-10-6-4-7-11-17)18-12-8-5-9-13-18/h4-16H,3H2,1-2H3. The van der Waals surface area contributed by atoms with Crippen molar-refractivity contribution in [1.29, 1.82) is 0 Å². The van der Waals surface area contributed by atoms with Gasteiger partial charge in [0, 0.05) is 17.8 Å². The topological polar surface area (TPSA) is 29.5 Å². The molecule has 3 aromatic carbocycles. The molecule has 1 heterocycles. The van der Waals surface area contributed by atoms with Crippen LogP contribution in [0.5, 0.6) is 5.75 Å². The van der Waals surface area contributed by atoms with Gasteiger partial charge in [0.05, 0.1) is 7.11 Å². The molecule has 1 amide bonds. The van der Waals surface area contributed by atoms with Crippen LogP contribution in [0.3, 0.4) is 0 Å². The van der Waals surface area contributed by atoms with Crippen molar-refractivity contribution >= 4 is 11.6 Å². The molecule has 0 atom stereocenters. The third-order valence-corrected chi connectivity index (χ3v) is 5.19. The molecule has 3 aromatic rings. The minimum absolute atomic E-state index is 0.0839. The molecule has 0 N–H and O–H groups in total. The molecular formula is C23H21NO2. The summed E-state index contributed by atoms with van der Waals surface area (Å²) >= 11 is 0. The smallest absolute Gasteiger partial charge is 0.246 e. The highest BCUT2D eigenvalue weighted by Gasteiger charge is 2.53. The number of hydrogen-bond acceptors (Lipinski definition) is 2. The summed E-state index contributed by atoms with van der Waals surface area (Å²) in [7, 11) is 1.66. The van der Waals surface area contributed by atoms with E-state index in [1.807, 2.05) is 90.7 Å². The second-order valence-electron chi connectivity index (χ2n) is 6.41. The first kappa shape index (κ1) is 16.4. The number of carbonyl (C=O) groups is 1. The van der Waals surface area contributed by atoms with Crippen LogP contribution in [0.2, 0.25) is 0 Å². The van der Waals surface area contributed by atoms with E-state index in [0.29, 0.717) is 6.54 Å². The molecule has 0 fully saturated rings. The Kier molecular flexibility index (Phi) is 4.00. The highest BCUT2D eigenvalue weighted by Crippen LogP contribution is 2.51. The first-order valence-corrected chi connectivity index (χ1v) is 8.85. The normalized spacial score (nSPS) is 15.0. The molecule has 26 heavy (non-hydrogen) atoms. The van der Waals surface area contributed by atoms with Crippen molar-refractivity contribution in [3.8, 4) is 5.75 Å². The zero-order chi connectivity index (χ0) is 18.1. The number of hydrogen-bond donors (Lipinski definition) is 0. The van der Waals surface area contributed by atoms with Gasteiger partial charge in [0.25, 0.3) is 0 Å². The molecule has 0 aromatic heterocycles. The summed E-state index contributed by atoms with van der Waals surface area (Å²) in [5.41, 5.74) is 3.01. The lowest BCUT2D eigenvalue weighted by atomic mass is 9.70. The first-order valence-electron chi connectivity index (χ1n) is 8.85. The predicted octanol–water partition coefficient (Wildman–Crippen LogP) is 4.40. The molecule has 4 rings (SSSR count). The molecule has 3 nitrogen and oxygen atoms in total. The fourth-order valence-corrected chi connectivity index (χ4v) is 4.02. The SMILES string of the molecule is CCN1C(=O)C(c2ccccc2)(c2ccccc2)c2cc(OC)ccc21. The van der Waals surface area contributed by atoms with Crippen LogP contribution in [0.15, 0.2) is 78.9 Å². The molecular weight excluding hydrogens is 322 g/mol. The largest absolute Gasteiger partial charge is 0.497 e. The van der Waals surface area contributed by atoms with Crippen molar-refractivity contribution in [2.75, 3.05) is 18.6 Å². The van der Waals surface area contributed by atoms with Crippen molar-refractivity contribution in [1.82, 2.24) is 0 Å². The monoisotopic (exact) mass is 343 g/mol. The molecule has 1 aliphatic heterocycles. The highest BCUT2D eigenvalue weighted by atomic mass is 16.5. The maximum absolute atomic E-state index is 13.8. The van der Waals surface area contributed by atoms with Gasteiger partial charge in [-0.05, 0) is 36.2 Å². The number of fused-ring (bicyclic) bond motifs is 1. The van der Waals surface area contributed by atoms with Gasteiger partial charge in [-0.25, -0.2) is 0 Å². The Bertz CT molecular complexity index is 895. The van der Waals surface area contributed by atoms with Crippen LogP contribution in [0.4, 0.5) is 5.69 Å². The third-order valence-electron chi connectivity index (χ3n) is 5.19. The number of ether oxygens (including phenoxy) is 1. The number of carbonyl (C=O) groups excluding carboxylic acids is 1. The number of methoxy groups -OCH3 is 1. The van der Waals surface area contributed by atoms with E-state index in [4.69, 9.17) is 4.74 Å². The van der Waals surface area contributed by atoms with Crippen LogP contribution >= 0.6 is 0 Å². The maximum Gasteiger partial charge on any atom is 0.246 e. The zero-order valence-electron chi connectivity index (χ0n) is 15.0. The predicted molar refractivity (Wildman–Crippen MR) is 104 cm³/mol. The summed E-state index contributed by atoms with van der Waals surface area (Å²) < 4.78 is 5.48. The van der Waals surface area contributed by atoms with Crippen LogP contribution in [-0.4, -0.2) is 19.6 Å². The lowest BCUT2D eigenvalue weighted by molar-refractivity contribution is -0.120. The van der Waals surface area contributed by atoms with E-state index in [0.717, 1.165) is 28.1 Å². The molecule has 1 aliphatic rings. The second kappa shape index (κ2) is 6.34. The Morgan fingerprint density at radius 2 is 1.46 bits per heavy atom. The van der Waals surface area contributed by atoms with Crippen LogP contribution in [-0.2, 0) is 10.2 Å². The van der Waals surface area contributed by atoms with Gasteiger partial charge in [-0.2, -0.15) is 0 Å². The Hall–Kier alpha value is -3.07. The van der Waals surface area contributed by atoms with Crippen molar-refractivity contribution in [3.63, 3.8) is 0 Å². The molecule has 130 valence electrons. The number of nitrogens with zero attached hydrogens (tertiary/aromatic N) is 1. The first-order chi connectivity index (χ1) is 12.7. The van der Waals surface area contributed by atoms with E-state index in [1.165, 1.54) is 0 Å². The van der Waals surface area contributed by atoms with Gasteiger partial charge in [0.2, 0.25) is 5.91 Å². The molecule has 0 saturated carbocycles. The average molecular weight is 343 g/mol. The van der Waals surface area contributed by atoms with Gasteiger partial charge >= 0.3 is 0 Å². The maximum atomic E-state index is 13.8. The number of amides is 1. The Morgan fingerprint density at radius 1 is 0.885 bits per heavy atom. The van der Waals surface area contributed by atoms with E-state index >= 15 is 0 Å². The van der Waals surface area contributed by atoms with E-state index in [1.54, 1.807) is 7.11 Å². The Morgan fingerprint density at radius 3 is 1.96 bits per heavy atom. The van der Waals surface area contributed by atoms with Crippen molar-refractivity contribution in [2.24, 2.45) is 0 Å². The van der Waals surface area contributed by atoms with E-state index in [9.17, 15) is 4.79 Å². The molecule has 0 spiro atoms. The van der Waals surface area contributed by atoms with Gasteiger partial charge in [-0.3, -0.25) is 4.79 Å². The average Bonchev–Trinajstić information content (AvgIpc) is 2.96. The lowest BCUT2D eigenvalue weighted by Crippen LogP contribution is -2.42. The van der Waals surface area contributed by atoms with Crippen LogP contribution in [0.1, 0.15) is 23.6 Å². The molecule has 0 bridgehead atoms. The van der Waals surface area contributed by atoms with Gasteiger partial charge in [-0.15, -0.1) is 0 Å². The van der Waals surface area contributed by atoms with Gasteiger partial charge in [0.1, 0.15) is 11.2 Å². The number of likely N-dealkylation sites (N-methyl/N-ethyl adjacent to an activating group) is 1. The molecule has 0 aliphatic carbocycles. The zero-order valence-corrected chi connectivity index (χ0v) is 15.0. The minimum atomic E-state index is -0.859. The van der Waals surface area contributed by atoms with Crippen molar-refractivity contribution in [2.45, 2.75) is 12.3 Å². The summed E-state index contributed by atoms with van der Waals surface area (Å²) in [5, 5.41) is 0. The van der Waals surface area contributed by atoms with Gasteiger partial charge in [0.15, 0.2) is 0 Å². The Labute approximate surface area is 153 Å². The van der Waals surface area contributed by atoms with E-state index < -0.39 is 5.41 Å². The molecule has 0 saturated heterocycles. The fourth-order valence-electron chi connectivity index (χ4n) is 4.02. The van der Waals surface area contributed by atoms with Crippen molar-refractivity contribution in [3.05, 3.63) is 95.6 Å². The van der Waals surface area contributed by atoms with E-state index in [2.05, 4.69) is 0 Å². The molecule has 3 heteroatoms. The Balaban J connectivity index is 2.11. The highest BCUT2D eigenvalue weighted by molar-refractivity contribution is 6.13. The quantitative estimate of drug-likeness (QED) is 0.703. The van der Waals surface area contributed by atoms with Gasteiger partial charge < -0.3 is 9.64 Å².